The molecule has 2 heterocycles. The quantitative estimate of drug-likeness (QED) is 0.831. The molecule has 0 aliphatic heterocycles. The van der Waals surface area contributed by atoms with Crippen molar-refractivity contribution in [1.82, 2.24) is 9.97 Å². The Morgan fingerprint density at radius 2 is 2.19 bits per heavy atom. The molecule has 16 heavy (non-hydrogen) atoms. The van der Waals surface area contributed by atoms with Crippen LogP contribution in [-0.2, 0) is 0 Å². The molecule has 1 aliphatic rings. The van der Waals surface area contributed by atoms with Crippen LogP contribution in [0.3, 0.4) is 0 Å². The standard InChI is InChI=1S/C11H12ClN3S/c1-6-5-7-8(15-11(2)3-4-11)13-10(12)14-9(7)16-6/h5H,3-4H2,1-2H3,(H,13,14,15). The maximum Gasteiger partial charge on any atom is 0.225 e. The molecule has 2 aromatic rings. The van der Waals surface area contributed by atoms with Crippen molar-refractivity contribution in [3.8, 4) is 0 Å². The molecule has 0 spiro atoms. The van der Waals surface area contributed by atoms with Crippen LogP contribution < -0.4 is 5.32 Å². The number of fused-ring (bicyclic) bond motifs is 1. The average Bonchev–Trinajstić information content (AvgIpc) is 2.76. The van der Waals surface area contributed by atoms with E-state index in [4.69, 9.17) is 11.6 Å². The van der Waals surface area contributed by atoms with Crippen LogP contribution in [0.4, 0.5) is 5.82 Å². The first-order valence-electron chi connectivity index (χ1n) is 5.28. The molecular weight excluding hydrogens is 242 g/mol. The summed E-state index contributed by atoms with van der Waals surface area (Å²) in [6, 6.07) is 2.12. The third-order valence-electron chi connectivity index (χ3n) is 2.91. The molecule has 0 radical (unpaired) electrons. The zero-order chi connectivity index (χ0) is 11.3. The number of thiophene rings is 1. The summed E-state index contributed by atoms with van der Waals surface area (Å²) in [6.07, 6.45) is 2.39. The maximum absolute atomic E-state index is 5.93. The first-order valence-corrected chi connectivity index (χ1v) is 6.47. The highest BCUT2D eigenvalue weighted by atomic mass is 35.5. The Bertz CT molecular complexity index is 560. The van der Waals surface area contributed by atoms with Crippen molar-refractivity contribution in [2.24, 2.45) is 0 Å². The van der Waals surface area contributed by atoms with Crippen molar-refractivity contribution < 1.29 is 0 Å². The summed E-state index contributed by atoms with van der Waals surface area (Å²) in [5, 5.41) is 4.86. The molecular formula is C11H12ClN3S. The van der Waals surface area contributed by atoms with Gasteiger partial charge in [-0.25, -0.2) is 9.97 Å². The van der Waals surface area contributed by atoms with E-state index in [1.165, 1.54) is 17.7 Å². The molecule has 0 aromatic carbocycles. The van der Waals surface area contributed by atoms with Gasteiger partial charge in [0.1, 0.15) is 10.6 Å². The molecule has 0 unspecified atom stereocenters. The molecule has 1 saturated carbocycles. The summed E-state index contributed by atoms with van der Waals surface area (Å²) in [4.78, 5) is 10.7. The van der Waals surface area contributed by atoms with Crippen LogP contribution >= 0.6 is 22.9 Å². The Labute approximate surface area is 103 Å². The Morgan fingerprint density at radius 1 is 1.44 bits per heavy atom. The third kappa shape index (κ3) is 1.76. The van der Waals surface area contributed by atoms with E-state index in [1.54, 1.807) is 11.3 Å². The van der Waals surface area contributed by atoms with Gasteiger partial charge in [0.15, 0.2) is 0 Å². The summed E-state index contributed by atoms with van der Waals surface area (Å²) < 4.78 is 0. The van der Waals surface area contributed by atoms with Gasteiger partial charge in [-0.15, -0.1) is 11.3 Å². The summed E-state index contributed by atoms with van der Waals surface area (Å²) in [6.45, 7) is 4.27. The molecule has 3 rings (SSSR count). The van der Waals surface area contributed by atoms with E-state index in [1.807, 2.05) is 0 Å². The van der Waals surface area contributed by atoms with Crippen molar-refractivity contribution in [3.05, 3.63) is 16.2 Å². The molecule has 84 valence electrons. The van der Waals surface area contributed by atoms with E-state index in [2.05, 4.69) is 35.2 Å². The highest BCUT2D eigenvalue weighted by Crippen LogP contribution is 2.40. The first-order chi connectivity index (χ1) is 7.56. The lowest BCUT2D eigenvalue weighted by Gasteiger charge is -2.12. The lowest BCUT2D eigenvalue weighted by atomic mass is 10.3. The van der Waals surface area contributed by atoms with Crippen molar-refractivity contribution in [2.75, 3.05) is 5.32 Å². The molecule has 2 aromatic heterocycles. The number of anilines is 1. The second-order valence-corrected chi connectivity index (χ2v) is 6.18. The Balaban J connectivity index is 2.13. The largest absolute Gasteiger partial charge is 0.364 e. The smallest absolute Gasteiger partial charge is 0.225 e. The van der Waals surface area contributed by atoms with Gasteiger partial charge in [-0.2, -0.15) is 0 Å². The Kier molecular flexibility index (Phi) is 2.13. The minimum absolute atomic E-state index is 0.209. The fraction of sp³-hybridized carbons (Fsp3) is 0.455. The van der Waals surface area contributed by atoms with Gasteiger partial charge < -0.3 is 5.32 Å². The second-order valence-electron chi connectivity index (χ2n) is 4.60. The zero-order valence-electron chi connectivity index (χ0n) is 9.17. The Morgan fingerprint density at radius 3 is 2.88 bits per heavy atom. The van der Waals surface area contributed by atoms with Crippen LogP contribution in [0.25, 0.3) is 10.2 Å². The first kappa shape index (κ1) is 10.3. The van der Waals surface area contributed by atoms with Crippen LogP contribution in [0.15, 0.2) is 6.07 Å². The van der Waals surface area contributed by atoms with E-state index in [9.17, 15) is 0 Å². The molecule has 1 aliphatic carbocycles. The minimum Gasteiger partial charge on any atom is -0.364 e. The third-order valence-corrected chi connectivity index (χ3v) is 4.02. The number of halogens is 1. The number of hydrogen-bond donors (Lipinski definition) is 1. The molecule has 0 atom stereocenters. The van der Waals surface area contributed by atoms with Crippen LogP contribution in [0.5, 0.6) is 0 Å². The van der Waals surface area contributed by atoms with Gasteiger partial charge in [-0.3, -0.25) is 0 Å². The highest BCUT2D eigenvalue weighted by Gasteiger charge is 2.38. The van der Waals surface area contributed by atoms with E-state index < -0.39 is 0 Å². The van der Waals surface area contributed by atoms with Crippen molar-refractivity contribution in [1.29, 1.82) is 0 Å². The van der Waals surface area contributed by atoms with Gasteiger partial charge >= 0.3 is 0 Å². The monoisotopic (exact) mass is 253 g/mol. The highest BCUT2D eigenvalue weighted by molar-refractivity contribution is 7.18. The SMILES string of the molecule is Cc1cc2c(NC3(C)CC3)nc(Cl)nc2s1. The normalized spacial score (nSPS) is 17.7. The molecule has 0 bridgehead atoms. The van der Waals surface area contributed by atoms with E-state index in [0.29, 0.717) is 5.28 Å². The van der Waals surface area contributed by atoms with Gasteiger partial charge in [0.05, 0.1) is 5.39 Å². The molecule has 1 N–H and O–H groups in total. The van der Waals surface area contributed by atoms with Gasteiger partial charge in [0.25, 0.3) is 0 Å². The van der Waals surface area contributed by atoms with Crippen LogP contribution in [0, 0.1) is 6.92 Å². The summed E-state index contributed by atoms with van der Waals surface area (Å²) >= 11 is 7.58. The lowest BCUT2D eigenvalue weighted by molar-refractivity contribution is 0.822. The average molecular weight is 254 g/mol. The molecule has 0 saturated heterocycles. The van der Waals surface area contributed by atoms with Crippen LogP contribution in [-0.4, -0.2) is 15.5 Å². The Hall–Kier alpha value is -0.870. The van der Waals surface area contributed by atoms with E-state index in [-0.39, 0.29) is 5.54 Å². The van der Waals surface area contributed by atoms with Gasteiger partial charge in [0, 0.05) is 10.4 Å². The number of aryl methyl sites for hydroxylation is 1. The number of nitrogens with zero attached hydrogens (tertiary/aromatic N) is 2. The van der Waals surface area contributed by atoms with Crippen molar-refractivity contribution >= 4 is 39.0 Å². The topological polar surface area (TPSA) is 37.8 Å². The van der Waals surface area contributed by atoms with Gasteiger partial charge in [-0.05, 0) is 44.4 Å². The fourth-order valence-electron chi connectivity index (χ4n) is 1.71. The molecule has 1 fully saturated rings. The number of nitrogens with one attached hydrogen (secondary N) is 1. The summed E-state index contributed by atoms with van der Waals surface area (Å²) in [5.74, 6) is 0.874. The van der Waals surface area contributed by atoms with Crippen molar-refractivity contribution in [3.63, 3.8) is 0 Å². The second kappa shape index (κ2) is 3.31. The van der Waals surface area contributed by atoms with E-state index in [0.717, 1.165) is 16.0 Å². The van der Waals surface area contributed by atoms with Crippen molar-refractivity contribution in [2.45, 2.75) is 32.2 Å². The van der Waals surface area contributed by atoms with E-state index >= 15 is 0 Å². The molecule has 3 nitrogen and oxygen atoms in total. The number of aromatic nitrogens is 2. The van der Waals surface area contributed by atoms with Gasteiger partial charge in [-0.1, -0.05) is 0 Å². The molecule has 5 heteroatoms. The minimum atomic E-state index is 0.209. The lowest BCUT2D eigenvalue weighted by Crippen LogP contribution is -2.17. The summed E-state index contributed by atoms with van der Waals surface area (Å²) in [7, 11) is 0. The predicted octanol–water partition coefficient (Wildman–Crippen LogP) is 3.62. The van der Waals surface area contributed by atoms with Crippen LogP contribution in [0.1, 0.15) is 24.6 Å². The predicted molar refractivity (Wildman–Crippen MR) is 68.4 cm³/mol. The van der Waals surface area contributed by atoms with Crippen LogP contribution in [0.2, 0.25) is 5.28 Å². The maximum atomic E-state index is 5.93. The summed E-state index contributed by atoms with van der Waals surface area (Å²) in [5.41, 5.74) is 0.209. The number of hydrogen-bond acceptors (Lipinski definition) is 4. The molecule has 0 amide bonds. The zero-order valence-corrected chi connectivity index (χ0v) is 10.7. The number of rotatable bonds is 2. The fourth-order valence-corrected chi connectivity index (χ4v) is 2.81. The van der Waals surface area contributed by atoms with Gasteiger partial charge in [0.2, 0.25) is 5.28 Å².